The van der Waals surface area contributed by atoms with Crippen molar-refractivity contribution in [2.24, 2.45) is 0 Å². The van der Waals surface area contributed by atoms with Gasteiger partial charge in [0.15, 0.2) is 3.23 Å². The van der Waals surface area contributed by atoms with Gasteiger partial charge in [0.2, 0.25) is 0 Å². The summed E-state index contributed by atoms with van der Waals surface area (Å²) in [6.45, 7) is 1.99. The predicted octanol–water partition coefficient (Wildman–Crippen LogP) is 2.89. The van der Waals surface area contributed by atoms with Gasteiger partial charge >= 0.3 is 0 Å². The fourth-order valence-electron chi connectivity index (χ4n) is 1.36. The van der Waals surface area contributed by atoms with Gasteiger partial charge in [-0.1, -0.05) is 44.0 Å². The van der Waals surface area contributed by atoms with Gasteiger partial charge in [0.25, 0.3) is 5.91 Å². The number of alkyl halides is 2. The van der Waals surface area contributed by atoms with Crippen LogP contribution < -0.4 is 5.32 Å². The molecule has 4 heteroatoms. The SMILES string of the molecule is Cc1ccc2c(c1)NC(=O)C2(Br)Br. The number of fused-ring (bicyclic) bond motifs is 1. The number of nitrogens with one attached hydrogen (secondary N) is 1. The Morgan fingerprint density at radius 1 is 1.38 bits per heavy atom. The monoisotopic (exact) mass is 303 g/mol. The Bertz CT molecular complexity index is 387. The van der Waals surface area contributed by atoms with Crippen LogP contribution in [0.1, 0.15) is 11.1 Å². The predicted molar refractivity (Wildman–Crippen MR) is 59.3 cm³/mol. The van der Waals surface area contributed by atoms with E-state index in [1.807, 2.05) is 25.1 Å². The molecule has 2 rings (SSSR count). The van der Waals surface area contributed by atoms with E-state index in [2.05, 4.69) is 37.2 Å². The Balaban J connectivity index is 2.62. The van der Waals surface area contributed by atoms with E-state index < -0.39 is 3.23 Å². The summed E-state index contributed by atoms with van der Waals surface area (Å²) in [5.74, 6) is -0.0758. The smallest absolute Gasteiger partial charge is 0.256 e. The molecule has 13 heavy (non-hydrogen) atoms. The highest BCUT2D eigenvalue weighted by Crippen LogP contribution is 2.47. The normalized spacial score (nSPS) is 18.2. The summed E-state index contributed by atoms with van der Waals surface area (Å²) in [6.07, 6.45) is 0. The van der Waals surface area contributed by atoms with Crippen molar-refractivity contribution < 1.29 is 4.79 Å². The Kier molecular flexibility index (Phi) is 2.00. The van der Waals surface area contributed by atoms with E-state index in [0.717, 1.165) is 16.8 Å². The van der Waals surface area contributed by atoms with Crippen LogP contribution in [0.5, 0.6) is 0 Å². The second kappa shape index (κ2) is 2.82. The minimum Gasteiger partial charge on any atom is -0.323 e. The number of carbonyl (C=O) groups excluding carboxylic acids is 1. The molecule has 0 atom stereocenters. The first-order chi connectivity index (χ1) is 6.01. The number of anilines is 1. The lowest BCUT2D eigenvalue weighted by molar-refractivity contribution is -0.115. The van der Waals surface area contributed by atoms with Crippen LogP contribution in [0.3, 0.4) is 0 Å². The molecule has 0 saturated carbocycles. The number of benzene rings is 1. The molecule has 0 saturated heterocycles. The number of carbonyl (C=O) groups is 1. The summed E-state index contributed by atoms with van der Waals surface area (Å²) in [7, 11) is 0. The third-order valence-electron chi connectivity index (χ3n) is 2.05. The molecule has 0 radical (unpaired) electrons. The Morgan fingerprint density at radius 3 is 2.77 bits per heavy atom. The topological polar surface area (TPSA) is 29.1 Å². The third kappa shape index (κ3) is 1.32. The lowest BCUT2D eigenvalue weighted by Crippen LogP contribution is -2.20. The summed E-state index contributed by atoms with van der Waals surface area (Å²) < 4.78 is -0.747. The van der Waals surface area contributed by atoms with Crippen LogP contribution >= 0.6 is 31.9 Å². The molecular weight excluding hydrogens is 298 g/mol. The molecule has 68 valence electrons. The number of amides is 1. The van der Waals surface area contributed by atoms with Crippen LogP contribution in [0.4, 0.5) is 5.69 Å². The largest absolute Gasteiger partial charge is 0.323 e. The molecule has 0 spiro atoms. The summed E-state index contributed by atoms with van der Waals surface area (Å²) in [6, 6.07) is 5.87. The minimum absolute atomic E-state index is 0.0758. The van der Waals surface area contributed by atoms with Crippen LogP contribution in [0.2, 0.25) is 0 Å². The maximum Gasteiger partial charge on any atom is 0.256 e. The molecule has 1 aliphatic rings. The lowest BCUT2D eigenvalue weighted by atomic mass is 10.1. The molecule has 2 nitrogen and oxygen atoms in total. The number of halogens is 2. The molecular formula is C9H7Br2NO. The fraction of sp³-hybridized carbons (Fsp3) is 0.222. The average Bonchev–Trinajstić information content (AvgIpc) is 2.23. The zero-order chi connectivity index (χ0) is 9.64. The molecule has 0 unspecified atom stereocenters. The van der Waals surface area contributed by atoms with Crippen LogP contribution in [-0.2, 0) is 8.03 Å². The van der Waals surface area contributed by atoms with Crippen molar-refractivity contribution in [2.75, 3.05) is 5.32 Å². The number of aryl methyl sites for hydroxylation is 1. The van der Waals surface area contributed by atoms with Gasteiger partial charge in [0, 0.05) is 11.3 Å². The van der Waals surface area contributed by atoms with E-state index in [-0.39, 0.29) is 5.91 Å². The van der Waals surface area contributed by atoms with E-state index in [4.69, 9.17) is 0 Å². The van der Waals surface area contributed by atoms with Gasteiger partial charge in [-0.3, -0.25) is 4.79 Å². The molecule has 1 N–H and O–H groups in total. The van der Waals surface area contributed by atoms with Gasteiger partial charge in [-0.2, -0.15) is 0 Å². The molecule has 1 aliphatic heterocycles. The summed E-state index contributed by atoms with van der Waals surface area (Å²) in [4.78, 5) is 11.5. The van der Waals surface area contributed by atoms with Gasteiger partial charge in [-0.15, -0.1) is 0 Å². The third-order valence-corrected chi connectivity index (χ3v) is 3.62. The molecule has 1 amide bonds. The van der Waals surface area contributed by atoms with Crippen LogP contribution in [0.15, 0.2) is 18.2 Å². The maximum absolute atomic E-state index is 11.5. The lowest BCUT2D eigenvalue weighted by Gasteiger charge is -2.09. The number of hydrogen-bond donors (Lipinski definition) is 1. The second-order valence-electron chi connectivity index (χ2n) is 3.08. The van der Waals surface area contributed by atoms with Crippen LogP contribution in [-0.4, -0.2) is 5.91 Å². The van der Waals surface area contributed by atoms with E-state index in [1.165, 1.54) is 0 Å². The molecule has 0 fully saturated rings. The number of hydrogen-bond acceptors (Lipinski definition) is 1. The fourth-order valence-corrected chi connectivity index (χ4v) is 2.25. The van der Waals surface area contributed by atoms with Crippen molar-refractivity contribution in [1.29, 1.82) is 0 Å². The Hall–Kier alpha value is -0.350. The summed E-state index contributed by atoms with van der Waals surface area (Å²) >= 11 is 6.67. The quantitative estimate of drug-likeness (QED) is 0.734. The highest BCUT2D eigenvalue weighted by Gasteiger charge is 2.42. The Labute approximate surface area is 93.0 Å². The molecule has 1 heterocycles. The summed E-state index contributed by atoms with van der Waals surface area (Å²) in [5, 5.41) is 2.80. The van der Waals surface area contributed by atoms with Crippen LogP contribution in [0.25, 0.3) is 0 Å². The first kappa shape index (κ1) is 9.21. The van der Waals surface area contributed by atoms with Gasteiger partial charge < -0.3 is 5.32 Å². The number of rotatable bonds is 0. The minimum atomic E-state index is -0.747. The molecule has 0 aromatic heterocycles. The standard InChI is InChI=1S/C9H7Br2NO/c1-5-2-3-6-7(4-5)12-8(13)9(6,10)11/h2-4H,1H3,(H,12,13). The summed E-state index contributed by atoms with van der Waals surface area (Å²) in [5.41, 5.74) is 2.94. The average molecular weight is 305 g/mol. The molecule has 0 aliphatic carbocycles. The van der Waals surface area contributed by atoms with Crippen LogP contribution in [0, 0.1) is 6.92 Å². The van der Waals surface area contributed by atoms with Gasteiger partial charge in [-0.25, -0.2) is 0 Å². The zero-order valence-electron chi connectivity index (χ0n) is 6.90. The zero-order valence-corrected chi connectivity index (χ0v) is 10.1. The Morgan fingerprint density at radius 2 is 2.08 bits per heavy atom. The van der Waals surface area contributed by atoms with E-state index >= 15 is 0 Å². The van der Waals surface area contributed by atoms with E-state index in [9.17, 15) is 4.79 Å². The van der Waals surface area contributed by atoms with Crippen molar-refractivity contribution in [3.8, 4) is 0 Å². The van der Waals surface area contributed by atoms with Gasteiger partial charge in [-0.05, 0) is 18.6 Å². The van der Waals surface area contributed by atoms with Gasteiger partial charge in [0.05, 0.1) is 0 Å². The van der Waals surface area contributed by atoms with E-state index in [0.29, 0.717) is 0 Å². The van der Waals surface area contributed by atoms with E-state index in [1.54, 1.807) is 0 Å². The molecule has 1 aromatic rings. The first-order valence-electron chi connectivity index (χ1n) is 3.82. The highest BCUT2D eigenvalue weighted by atomic mass is 79.9. The maximum atomic E-state index is 11.5. The van der Waals surface area contributed by atoms with Crippen molar-refractivity contribution >= 4 is 43.5 Å². The molecule has 1 aromatic carbocycles. The highest BCUT2D eigenvalue weighted by molar-refractivity contribution is 9.25. The van der Waals surface area contributed by atoms with Crippen molar-refractivity contribution in [1.82, 2.24) is 0 Å². The molecule has 0 bridgehead atoms. The van der Waals surface area contributed by atoms with Crippen molar-refractivity contribution in [3.63, 3.8) is 0 Å². The van der Waals surface area contributed by atoms with Crippen molar-refractivity contribution in [2.45, 2.75) is 10.2 Å². The van der Waals surface area contributed by atoms with Crippen molar-refractivity contribution in [3.05, 3.63) is 29.3 Å². The second-order valence-corrected chi connectivity index (χ2v) is 6.52. The van der Waals surface area contributed by atoms with Gasteiger partial charge in [0.1, 0.15) is 0 Å². The first-order valence-corrected chi connectivity index (χ1v) is 5.41.